The standard InChI is InChI=1S/C18H18N2O2S/c1-12(21)11-20-9-8-16(19-20)14-4-3-5-15(10-14)18-7-6-17(23-18)13(2)22/h3-10,12,21H,11H2,1-2H3. The molecule has 1 atom stereocenters. The number of aromatic nitrogens is 2. The van der Waals surface area contributed by atoms with Crippen molar-refractivity contribution >= 4 is 17.1 Å². The van der Waals surface area contributed by atoms with Crippen LogP contribution in [0.1, 0.15) is 23.5 Å². The van der Waals surface area contributed by atoms with Gasteiger partial charge in [-0.3, -0.25) is 9.48 Å². The number of carbonyl (C=O) groups is 1. The highest BCUT2D eigenvalue weighted by atomic mass is 32.1. The average Bonchev–Trinajstić information content (AvgIpc) is 3.16. The molecule has 0 amide bonds. The van der Waals surface area contributed by atoms with Crippen LogP contribution in [0, 0.1) is 0 Å². The van der Waals surface area contributed by atoms with E-state index >= 15 is 0 Å². The minimum Gasteiger partial charge on any atom is -0.391 e. The lowest BCUT2D eigenvalue weighted by Crippen LogP contribution is -2.11. The lowest BCUT2D eigenvalue weighted by molar-refractivity contribution is 0.102. The van der Waals surface area contributed by atoms with Crippen LogP contribution in [0.2, 0.25) is 0 Å². The molecular weight excluding hydrogens is 308 g/mol. The van der Waals surface area contributed by atoms with Crippen molar-refractivity contribution in [3.63, 3.8) is 0 Å². The second-order valence-corrected chi connectivity index (χ2v) is 6.66. The van der Waals surface area contributed by atoms with E-state index in [4.69, 9.17) is 0 Å². The monoisotopic (exact) mass is 326 g/mol. The van der Waals surface area contributed by atoms with Crippen molar-refractivity contribution in [2.45, 2.75) is 26.5 Å². The quantitative estimate of drug-likeness (QED) is 0.724. The Balaban J connectivity index is 1.90. The number of aliphatic hydroxyl groups excluding tert-OH is 1. The number of aliphatic hydroxyl groups is 1. The first-order valence-corrected chi connectivity index (χ1v) is 8.27. The summed E-state index contributed by atoms with van der Waals surface area (Å²) in [6.07, 6.45) is 1.44. The number of ketones is 1. The fourth-order valence-electron chi connectivity index (χ4n) is 2.40. The summed E-state index contributed by atoms with van der Waals surface area (Å²) in [6, 6.07) is 13.9. The van der Waals surface area contributed by atoms with E-state index in [9.17, 15) is 9.90 Å². The molecule has 23 heavy (non-hydrogen) atoms. The lowest BCUT2D eigenvalue weighted by Gasteiger charge is -2.04. The lowest BCUT2D eigenvalue weighted by atomic mass is 10.1. The molecule has 0 fully saturated rings. The zero-order valence-corrected chi connectivity index (χ0v) is 13.9. The van der Waals surface area contributed by atoms with Crippen LogP contribution >= 0.6 is 11.3 Å². The summed E-state index contributed by atoms with van der Waals surface area (Å²) in [4.78, 5) is 13.3. The third-order valence-electron chi connectivity index (χ3n) is 3.49. The summed E-state index contributed by atoms with van der Waals surface area (Å²) >= 11 is 1.50. The second-order valence-electron chi connectivity index (χ2n) is 5.57. The van der Waals surface area contributed by atoms with E-state index in [1.165, 1.54) is 11.3 Å². The van der Waals surface area contributed by atoms with E-state index in [1.54, 1.807) is 18.5 Å². The van der Waals surface area contributed by atoms with Crippen LogP contribution in [0.15, 0.2) is 48.7 Å². The van der Waals surface area contributed by atoms with Crippen molar-refractivity contribution in [3.8, 4) is 21.7 Å². The van der Waals surface area contributed by atoms with Crippen LogP contribution in [-0.4, -0.2) is 26.8 Å². The predicted molar refractivity (Wildman–Crippen MR) is 92.7 cm³/mol. The Kier molecular flexibility index (Phi) is 4.41. The molecule has 0 saturated carbocycles. The normalized spacial score (nSPS) is 12.3. The third kappa shape index (κ3) is 3.57. The van der Waals surface area contributed by atoms with Gasteiger partial charge in [0.1, 0.15) is 0 Å². The Bertz CT molecular complexity index is 833. The van der Waals surface area contributed by atoms with Gasteiger partial charge in [-0.15, -0.1) is 11.3 Å². The smallest absolute Gasteiger partial charge is 0.169 e. The van der Waals surface area contributed by atoms with Crippen LogP contribution in [0.25, 0.3) is 21.7 Å². The molecule has 4 nitrogen and oxygen atoms in total. The van der Waals surface area contributed by atoms with Crippen LogP contribution in [0.3, 0.4) is 0 Å². The predicted octanol–water partition coefficient (Wildman–Crippen LogP) is 3.86. The fourth-order valence-corrected chi connectivity index (χ4v) is 3.30. The van der Waals surface area contributed by atoms with Gasteiger partial charge in [-0.1, -0.05) is 18.2 Å². The highest BCUT2D eigenvalue weighted by Crippen LogP contribution is 2.31. The molecular formula is C18H18N2O2S. The molecule has 5 heteroatoms. The number of carbonyl (C=O) groups excluding carboxylic acids is 1. The number of Topliss-reactive ketones (excluding diaryl/α,β-unsaturated/α-hetero) is 1. The molecule has 0 aliphatic carbocycles. The minimum absolute atomic E-state index is 0.0919. The topological polar surface area (TPSA) is 55.1 Å². The first-order chi connectivity index (χ1) is 11.0. The molecule has 0 radical (unpaired) electrons. The van der Waals surface area contributed by atoms with Crippen molar-refractivity contribution in [2.24, 2.45) is 0 Å². The maximum atomic E-state index is 11.4. The minimum atomic E-state index is -0.426. The average molecular weight is 326 g/mol. The molecule has 1 N–H and O–H groups in total. The van der Waals surface area contributed by atoms with Crippen LogP contribution < -0.4 is 0 Å². The van der Waals surface area contributed by atoms with E-state index in [2.05, 4.69) is 11.2 Å². The molecule has 118 valence electrons. The molecule has 1 aromatic carbocycles. The van der Waals surface area contributed by atoms with Gasteiger partial charge in [-0.2, -0.15) is 5.10 Å². The van der Waals surface area contributed by atoms with E-state index in [0.29, 0.717) is 6.54 Å². The van der Waals surface area contributed by atoms with Crippen molar-refractivity contribution in [2.75, 3.05) is 0 Å². The van der Waals surface area contributed by atoms with Crippen LogP contribution in [-0.2, 0) is 6.54 Å². The number of hydrogen-bond donors (Lipinski definition) is 1. The van der Waals surface area contributed by atoms with Gasteiger partial charge in [0.2, 0.25) is 0 Å². The van der Waals surface area contributed by atoms with Crippen molar-refractivity contribution in [1.29, 1.82) is 0 Å². The van der Waals surface area contributed by atoms with Gasteiger partial charge in [0.25, 0.3) is 0 Å². The first-order valence-electron chi connectivity index (χ1n) is 7.46. The van der Waals surface area contributed by atoms with Crippen LogP contribution in [0.4, 0.5) is 0 Å². The van der Waals surface area contributed by atoms with E-state index in [1.807, 2.05) is 42.6 Å². The molecule has 0 saturated heterocycles. The van der Waals surface area contributed by atoms with Gasteiger partial charge < -0.3 is 5.11 Å². The summed E-state index contributed by atoms with van der Waals surface area (Å²) in [5.74, 6) is 0.0919. The van der Waals surface area contributed by atoms with Crippen LogP contribution in [0.5, 0.6) is 0 Å². The molecule has 2 heterocycles. The largest absolute Gasteiger partial charge is 0.391 e. The molecule has 0 bridgehead atoms. The van der Waals surface area contributed by atoms with E-state index in [-0.39, 0.29) is 5.78 Å². The fraction of sp³-hybridized carbons (Fsp3) is 0.222. The maximum Gasteiger partial charge on any atom is 0.169 e. The van der Waals surface area contributed by atoms with Gasteiger partial charge in [0.05, 0.1) is 23.2 Å². The van der Waals surface area contributed by atoms with E-state index < -0.39 is 6.10 Å². The zero-order chi connectivity index (χ0) is 16.4. The Morgan fingerprint density at radius 2 is 2.04 bits per heavy atom. The van der Waals surface area contributed by atoms with Gasteiger partial charge in [0.15, 0.2) is 5.78 Å². The summed E-state index contributed by atoms with van der Waals surface area (Å²) in [7, 11) is 0. The highest BCUT2D eigenvalue weighted by Gasteiger charge is 2.09. The van der Waals surface area contributed by atoms with Gasteiger partial charge in [0, 0.05) is 16.6 Å². The second kappa shape index (κ2) is 6.48. The number of nitrogens with zero attached hydrogens (tertiary/aromatic N) is 2. The Hall–Kier alpha value is -2.24. The first kappa shape index (κ1) is 15.6. The van der Waals surface area contributed by atoms with Gasteiger partial charge in [-0.05, 0) is 43.7 Å². The van der Waals surface area contributed by atoms with Crippen molar-refractivity contribution < 1.29 is 9.90 Å². The summed E-state index contributed by atoms with van der Waals surface area (Å²) in [5, 5.41) is 13.9. The number of rotatable bonds is 5. The Labute approximate surface area is 139 Å². The Morgan fingerprint density at radius 1 is 1.26 bits per heavy atom. The highest BCUT2D eigenvalue weighted by molar-refractivity contribution is 7.17. The third-order valence-corrected chi connectivity index (χ3v) is 4.72. The number of benzene rings is 1. The molecule has 1 unspecified atom stereocenters. The van der Waals surface area contributed by atoms with Crippen molar-refractivity contribution in [1.82, 2.24) is 9.78 Å². The number of hydrogen-bond acceptors (Lipinski definition) is 4. The molecule has 3 aromatic rings. The molecule has 0 spiro atoms. The SMILES string of the molecule is CC(=O)c1ccc(-c2cccc(-c3ccn(CC(C)O)n3)c2)s1. The summed E-state index contributed by atoms with van der Waals surface area (Å²) in [5.41, 5.74) is 2.96. The molecule has 0 aliphatic rings. The Morgan fingerprint density at radius 3 is 2.74 bits per heavy atom. The summed E-state index contributed by atoms with van der Waals surface area (Å²) in [6.45, 7) is 3.80. The molecule has 0 aliphatic heterocycles. The van der Waals surface area contributed by atoms with E-state index in [0.717, 1.165) is 26.6 Å². The molecule has 3 rings (SSSR count). The maximum absolute atomic E-state index is 11.4. The van der Waals surface area contributed by atoms with Gasteiger partial charge >= 0.3 is 0 Å². The van der Waals surface area contributed by atoms with Crippen molar-refractivity contribution in [3.05, 3.63) is 53.5 Å². The summed E-state index contributed by atoms with van der Waals surface area (Å²) < 4.78 is 1.74. The van der Waals surface area contributed by atoms with Gasteiger partial charge in [-0.25, -0.2) is 0 Å². The molecule has 2 aromatic heterocycles. The number of thiophene rings is 1. The zero-order valence-electron chi connectivity index (χ0n) is 13.1.